The number of furan rings is 1. The quantitative estimate of drug-likeness (QED) is 0.911. The summed E-state index contributed by atoms with van der Waals surface area (Å²) < 4.78 is 10.7. The molecule has 6 nitrogen and oxygen atoms in total. The van der Waals surface area contributed by atoms with Gasteiger partial charge < -0.3 is 19.2 Å². The van der Waals surface area contributed by atoms with Crippen LogP contribution in [-0.4, -0.2) is 47.7 Å². The van der Waals surface area contributed by atoms with E-state index in [1.54, 1.807) is 13.0 Å². The Bertz CT molecular complexity index is 520. The van der Waals surface area contributed by atoms with Crippen LogP contribution in [0, 0.1) is 6.92 Å². The lowest BCUT2D eigenvalue weighted by molar-refractivity contribution is -0.147. The third kappa shape index (κ3) is 2.70. The third-order valence-electron chi connectivity index (χ3n) is 3.41. The number of ether oxygens (including phenoxy) is 1. The summed E-state index contributed by atoms with van der Waals surface area (Å²) in [6, 6.07) is 0.768. The molecule has 0 spiro atoms. The van der Waals surface area contributed by atoms with Crippen molar-refractivity contribution in [2.24, 2.45) is 0 Å². The van der Waals surface area contributed by atoms with Crippen LogP contribution < -0.4 is 0 Å². The number of carboxylic acids is 1. The predicted molar refractivity (Wildman–Crippen MR) is 70.8 cm³/mol. The summed E-state index contributed by atoms with van der Waals surface area (Å²) in [6.45, 7) is 6.31. The number of rotatable bonds is 3. The normalized spacial score (nSPS) is 19.4. The van der Waals surface area contributed by atoms with E-state index in [1.165, 1.54) is 4.90 Å². The Morgan fingerprint density at radius 1 is 1.45 bits per heavy atom. The molecule has 0 unspecified atom stereocenters. The van der Waals surface area contributed by atoms with Gasteiger partial charge >= 0.3 is 5.97 Å². The van der Waals surface area contributed by atoms with Crippen molar-refractivity contribution in [1.82, 2.24) is 4.90 Å². The number of morpholine rings is 1. The zero-order chi connectivity index (χ0) is 14.9. The van der Waals surface area contributed by atoms with Gasteiger partial charge in [-0.15, -0.1) is 0 Å². The van der Waals surface area contributed by atoms with Crippen LogP contribution in [-0.2, 0) is 9.53 Å². The molecular weight excluding hydrogens is 262 g/mol. The number of aryl methyl sites for hydroxylation is 1. The topological polar surface area (TPSA) is 80.0 Å². The standard InChI is InChI=1S/C14H19NO5/c1-8(2)12-6-10(9(3)20-12)13(16)15-4-5-19-7-11(15)14(17)18/h6,8,11H,4-5,7H2,1-3H3,(H,17,18)/t11-/m0/s1. The lowest BCUT2D eigenvalue weighted by Crippen LogP contribution is -2.52. The summed E-state index contributed by atoms with van der Waals surface area (Å²) in [7, 11) is 0. The number of hydrogen-bond donors (Lipinski definition) is 1. The van der Waals surface area contributed by atoms with Gasteiger partial charge in [0.15, 0.2) is 6.04 Å². The predicted octanol–water partition coefficient (Wildman–Crippen LogP) is 1.64. The number of hydrogen-bond acceptors (Lipinski definition) is 4. The maximum Gasteiger partial charge on any atom is 0.328 e. The van der Waals surface area contributed by atoms with Gasteiger partial charge in [-0.05, 0) is 13.0 Å². The first-order valence-corrected chi connectivity index (χ1v) is 6.63. The molecule has 0 aromatic carbocycles. The lowest BCUT2D eigenvalue weighted by atomic mass is 10.1. The summed E-state index contributed by atoms with van der Waals surface area (Å²) in [5.74, 6) is 0.0626. The third-order valence-corrected chi connectivity index (χ3v) is 3.41. The fourth-order valence-corrected chi connectivity index (χ4v) is 2.21. The fourth-order valence-electron chi connectivity index (χ4n) is 2.21. The van der Waals surface area contributed by atoms with Gasteiger partial charge in [-0.2, -0.15) is 0 Å². The van der Waals surface area contributed by atoms with Crippen molar-refractivity contribution in [3.63, 3.8) is 0 Å². The summed E-state index contributed by atoms with van der Waals surface area (Å²) in [6.07, 6.45) is 0. The lowest BCUT2D eigenvalue weighted by Gasteiger charge is -2.32. The molecule has 1 N–H and O–H groups in total. The van der Waals surface area contributed by atoms with Gasteiger partial charge in [-0.3, -0.25) is 4.79 Å². The van der Waals surface area contributed by atoms with Crippen LogP contribution in [0.25, 0.3) is 0 Å². The minimum absolute atomic E-state index is 0.0228. The average molecular weight is 281 g/mol. The number of nitrogens with zero attached hydrogens (tertiary/aromatic N) is 1. The Morgan fingerprint density at radius 2 is 2.15 bits per heavy atom. The Kier molecular flexibility index (Phi) is 4.13. The fraction of sp³-hybridized carbons (Fsp3) is 0.571. The molecule has 0 saturated carbocycles. The van der Waals surface area contributed by atoms with Crippen molar-refractivity contribution >= 4 is 11.9 Å². The summed E-state index contributed by atoms with van der Waals surface area (Å²) in [5.41, 5.74) is 0.432. The largest absolute Gasteiger partial charge is 0.480 e. The molecule has 110 valence electrons. The number of aliphatic carboxylic acids is 1. The van der Waals surface area contributed by atoms with Gasteiger partial charge in [0.1, 0.15) is 11.5 Å². The molecule has 1 saturated heterocycles. The monoisotopic (exact) mass is 281 g/mol. The highest BCUT2D eigenvalue weighted by Crippen LogP contribution is 2.24. The van der Waals surface area contributed by atoms with E-state index in [4.69, 9.17) is 14.3 Å². The minimum Gasteiger partial charge on any atom is -0.480 e. The Labute approximate surface area is 117 Å². The Morgan fingerprint density at radius 3 is 2.70 bits per heavy atom. The molecule has 0 aliphatic carbocycles. The molecule has 2 rings (SSSR count). The van der Waals surface area contributed by atoms with Crippen molar-refractivity contribution in [1.29, 1.82) is 0 Å². The summed E-state index contributed by atoms with van der Waals surface area (Å²) >= 11 is 0. The summed E-state index contributed by atoms with van der Waals surface area (Å²) in [5, 5.41) is 9.17. The minimum atomic E-state index is -1.05. The molecule has 1 aromatic rings. The van der Waals surface area contributed by atoms with Crippen LogP contribution >= 0.6 is 0 Å². The first-order valence-electron chi connectivity index (χ1n) is 6.63. The first-order chi connectivity index (χ1) is 9.41. The molecule has 1 aliphatic rings. The molecule has 0 bridgehead atoms. The smallest absolute Gasteiger partial charge is 0.328 e. The second kappa shape index (κ2) is 5.66. The van der Waals surface area contributed by atoms with Crippen LogP contribution in [0.3, 0.4) is 0 Å². The highest BCUT2D eigenvalue weighted by Gasteiger charge is 2.34. The zero-order valence-corrected chi connectivity index (χ0v) is 11.9. The Hall–Kier alpha value is -1.82. The van der Waals surface area contributed by atoms with Gasteiger partial charge in [-0.1, -0.05) is 13.8 Å². The SMILES string of the molecule is Cc1oc(C(C)C)cc1C(=O)N1CCOC[C@H]1C(=O)O. The number of carbonyl (C=O) groups excluding carboxylic acids is 1. The van der Waals surface area contributed by atoms with Crippen LogP contribution in [0.2, 0.25) is 0 Å². The molecule has 6 heteroatoms. The number of carbonyl (C=O) groups is 2. The average Bonchev–Trinajstić information content (AvgIpc) is 2.80. The van der Waals surface area contributed by atoms with Crippen molar-refractivity contribution < 1.29 is 23.8 Å². The van der Waals surface area contributed by atoms with Gasteiger partial charge in [0.05, 0.1) is 18.8 Å². The van der Waals surface area contributed by atoms with E-state index >= 15 is 0 Å². The molecule has 20 heavy (non-hydrogen) atoms. The van der Waals surface area contributed by atoms with E-state index < -0.39 is 12.0 Å². The number of amides is 1. The van der Waals surface area contributed by atoms with Gasteiger partial charge in [0.25, 0.3) is 5.91 Å². The van der Waals surface area contributed by atoms with E-state index in [-0.39, 0.29) is 25.0 Å². The van der Waals surface area contributed by atoms with Crippen LogP contribution in [0.15, 0.2) is 10.5 Å². The molecule has 1 atom stereocenters. The van der Waals surface area contributed by atoms with E-state index in [2.05, 4.69) is 0 Å². The molecular formula is C14H19NO5. The van der Waals surface area contributed by atoms with Crippen molar-refractivity contribution in [2.45, 2.75) is 32.7 Å². The summed E-state index contributed by atoms with van der Waals surface area (Å²) in [4.78, 5) is 25.1. The second-order valence-corrected chi connectivity index (χ2v) is 5.20. The van der Waals surface area contributed by atoms with E-state index in [9.17, 15) is 9.59 Å². The van der Waals surface area contributed by atoms with Crippen molar-refractivity contribution in [2.75, 3.05) is 19.8 Å². The number of carboxylic acid groups (broad SMARTS) is 1. The highest BCUT2D eigenvalue weighted by molar-refractivity contribution is 5.97. The maximum atomic E-state index is 12.5. The second-order valence-electron chi connectivity index (χ2n) is 5.20. The van der Waals surface area contributed by atoms with Crippen LogP contribution in [0.5, 0.6) is 0 Å². The molecule has 1 aromatic heterocycles. The molecule has 1 amide bonds. The molecule has 0 radical (unpaired) electrons. The van der Waals surface area contributed by atoms with Crippen molar-refractivity contribution in [3.8, 4) is 0 Å². The van der Waals surface area contributed by atoms with Crippen LogP contribution in [0.1, 0.15) is 41.6 Å². The molecule has 1 fully saturated rings. The van der Waals surface area contributed by atoms with Crippen molar-refractivity contribution in [3.05, 3.63) is 23.2 Å². The van der Waals surface area contributed by atoms with Crippen LogP contribution in [0.4, 0.5) is 0 Å². The van der Waals surface area contributed by atoms with Gasteiger partial charge in [0, 0.05) is 12.5 Å². The molecule has 1 aliphatic heterocycles. The van der Waals surface area contributed by atoms with E-state index in [0.717, 1.165) is 5.76 Å². The van der Waals surface area contributed by atoms with Gasteiger partial charge in [-0.25, -0.2) is 4.79 Å². The Balaban J connectivity index is 2.27. The van der Waals surface area contributed by atoms with E-state index in [0.29, 0.717) is 17.9 Å². The van der Waals surface area contributed by atoms with Gasteiger partial charge in [0.2, 0.25) is 0 Å². The highest BCUT2D eigenvalue weighted by atomic mass is 16.5. The first kappa shape index (κ1) is 14.6. The van der Waals surface area contributed by atoms with E-state index in [1.807, 2.05) is 13.8 Å². The zero-order valence-electron chi connectivity index (χ0n) is 11.9. The molecule has 2 heterocycles. The maximum absolute atomic E-state index is 12.5.